The molecule has 1 amide bonds. The molecule has 0 saturated carbocycles. The van der Waals surface area contributed by atoms with Crippen molar-refractivity contribution < 1.29 is 9.53 Å². The van der Waals surface area contributed by atoms with Crippen LogP contribution in [0.1, 0.15) is 25.8 Å². The number of hydrogen-bond acceptors (Lipinski definition) is 2. The van der Waals surface area contributed by atoms with E-state index in [1.54, 1.807) is 31.2 Å². The third-order valence-electron chi connectivity index (χ3n) is 3.24. The lowest BCUT2D eigenvalue weighted by Gasteiger charge is -2.15. The Morgan fingerprint density at radius 2 is 1.95 bits per heavy atom. The SMILES string of the molecule is CCCc1ccc(OC(C)C(=O)Nc2cccc(Cl)c2)cc1. The molecule has 0 saturated heterocycles. The van der Waals surface area contributed by atoms with Gasteiger partial charge in [0.15, 0.2) is 6.10 Å². The average molecular weight is 318 g/mol. The Morgan fingerprint density at radius 3 is 2.59 bits per heavy atom. The molecular formula is C18H20ClNO2. The summed E-state index contributed by atoms with van der Waals surface area (Å²) in [5.41, 5.74) is 1.93. The minimum Gasteiger partial charge on any atom is -0.481 e. The highest BCUT2D eigenvalue weighted by Gasteiger charge is 2.15. The maximum absolute atomic E-state index is 12.1. The zero-order valence-electron chi connectivity index (χ0n) is 12.8. The summed E-state index contributed by atoms with van der Waals surface area (Å²) >= 11 is 5.90. The van der Waals surface area contributed by atoms with Gasteiger partial charge >= 0.3 is 0 Å². The minimum atomic E-state index is -0.587. The largest absolute Gasteiger partial charge is 0.481 e. The number of anilines is 1. The second-order valence-electron chi connectivity index (χ2n) is 5.15. The first-order valence-electron chi connectivity index (χ1n) is 7.40. The Kier molecular flexibility index (Phi) is 5.84. The second-order valence-corrected chi connectivity index (χ2v) is 5.59. The predicted octanol–water partition coefficient (Wildman–Crippen LogP) is 4.70. The van der Waals surface area contributed by atoms with Crippen molar-refractivity contribution in [3.63, 3.8) is 0 Å². The monoisotopic (exact) mass is 317 g/mol. The Balaban J connectivity index is 1.93. The van der Waals surface area contributed by atoms with Crippen molar-refractivity contribution in [2.45, 2.75) is 32.8 Å². The van der Waals surface area contributed by atoms with Gasteiger partial charge in [0.05, 0.1) is 0 Å². The minimum absolute atomic E-state index is 0.208. The van der Waals surface area contributed by atoms with Gasteiger partial charge in [-0.2, -0.15) is 0 Å². The third kappa shape index (κ3) is 4.78. The fourth-order valence-electron chi connectivity index (χ4n) is 2.09. The van der Waals surface area contributed by atoms with E-state index in [1.807, 2.05) is 24.3 Å². The number of carbonyl (C=O) groups is 1. The van der Waals surface area contributed by atoms with Crippen molar-refractivity contribution in [3.05, 3.63) is 59.1 Å². The van der Waals surface area contributed by atoms with E-state index in [-0.39, 0.29) is 5.91 Å². The van der Waals surface area contributed by atoms with Gasteiger partial charge < -0.3 is 10.1 Å². The van der Waals surface area contributed by atoms with E-state index in [1.165, 1.54) is 5.56 Å². The smallest absolute Gasteiger partial charge is 0.265 e. The third-order valence-corrected chi connectivity index (χ3v) is 3.47. The molecule has 0 aromatic heterocycles. The molecule has 0 aliphatic heterocycles. The van der Waals surface area contributed by atoms with Crippen LogP contribution >= 0.6 is 11.6 Å². The van der Waals surface area contributed by atoms with Crippen LogP contribution in [0.5, 0.6) is 5.75 Å². The number of halogens is 1. The van der Waals surface area contributed by atoms with Crippen molar-refractivity contribution in [3.8, 4) is 5.75 Å². The molecule has 1 unspecified atom stereocenters. The van der Waals surface area contributed by atoms with Crippen molar-refractivity contribution >= 4 is 23.2 Å². The molecule has 0 aliphatic rings. The zero-order chi connectivity index (χ0) is 15.9. The first-order valence-corrected chi connectivity index (χ1v) is 7.78. The number of ether oxygens (including phenoxy) is 1. The van der Waals surface area contributed by atoms with E-state index >= 15 is 0 Å². The van der Waals surface area contributed by atoms with Crippen LogP contribution in [0.25, 0.3) is 0 Å². The summed E-state index contributed by atoms with van der Waals surface area (Å²) in [5.74, 6) is 0.480. The lowest BCUT2D eigenvalue weighted by molar-refractivity contribution is -0.122. The van der Waals surface area contributed by atoms with E-state index in [2.05, 4.69) is 12.2 Å². The Hall–Kier alpha value is -2.00. The molecule has 0 spiro atoms. The summed E-state index contributed by atoms with van der Waals surface area (Å²) < 4.78 is 5.67. The summed E-state index contributed by atoms with van der Waals surface area (Å²) in [6.45, 7) is 3.87. The summed E-state index contributed by atoms with van der Waals surface area (Å²) in [7, 11) is 0. The van der Waals surface area contributed by atoms with E-state index in [0.29, 0.717) is 16.5 Å². The van der Waals surface area contributed by atoms with Gasteiger partial charge in [0.25, 0.3) is 5.91 Å². The highest BCUT2D eigenvalue weighted by Crippen LogP contribution is 2.17. The number of carbonyl (C=O) groups excluding carboxylic acids is 1. The topological polar surface area (TPSA) is 38.3 Å². The summed E-state index contributed by atoms with van der Waals surface area (Å²) in [5, 5.41) is 3.37. The Morgan fingerprint density at radius 1 is 1.23 bits per heavy atom. The van der Waals surface area contributed by atoms with Crippen molar-refractivity contribution in [1.29, 1.82) is 0 Å². The molecule has 0 radical (unpaired) electrons. The standard InChI is InChI=1S/C18H20ClNO2/c1-3-5-14-8-10-17(11-9-14)22-13(2)18(21)20-16-7-4-6-15(19)12-16/h4,6-13H,3,5H2,1-2H3,(H,20,21). The number of amides is 1. The molecule has 2 rings (SSSR count). The van der Waals surface area contributed by atoms with Gasteiger partial charge in [-0.3, -0.25) is 4.79 Å². The van der Waals surface area contributed by atoms with Gasteiger partial charge in [0, 0.05) is 10.7 Å². The van der Waals surface area contributed by atoms with Crippen LogP contribution < -0.4 is 10.1 Å². The molecule has 3 nitrogen and oxygen atoms in total. The molecule has 0 heterocycles. The van der Waals surface area contributed by atoms with Crippen molar-refractivity contribution in [2.24, 2.45) is 0 Å². The van der Waals surface area contributed by atoms with Crippen LogP contribution in [0.3, 0.4) is 0 Å². The molecule has 4 heteroatoms. The molecule has 22 heavy (non-hydrogen) atoms. The first-order chi connectivity index (χ1) is 10.6. The summed E-state index contributed by atoms with van der Waals surface area (Å²) in [6, 6.07) is 14.9. The lowest BCUT2D eigenvalue weighted by Crippen LogP contribution is -2.30. The molecule has 0 fully saturated rings. The fourth-order valence-corrected chi connectivity index (χ4v) is 2.28. The molecule has 1 atom stereocenters. The van der Waals surface area contributed by atoms with Crippen LogP contribution in [-0.2, 0) is 11.2 Å². The molecular weight excluding hydrogens is 298 g/mol. The second kappa shape index (κ2) is 7.85. The van der Waals surface area contributed by atoms with Gasteiger partial charge in [-0.25, -0.2) is 0 Å². The van der Waals surface area contributed by atoms with E-state index in [0.717, 1.165) is 12.8 Å². The lowest BCUT2D eigenvalue weighted by atomic mass is 10.1. The summed E-state index contributed by atoms with van der Waals surface area (Å²) in [6.07, 6.45) is 1.57. The Bertz CT molecular complexity index is 625. The van der Waals surface area contributed by atoms with Crippen LogP contribution in [0, 0.1) is 0 Å². The number of rotatable bonds is 6. The molecule has 116 valence electrons. The van der Waals surface area contributed by atoms with Gasteiger partial charge in [-0.05, 0) is 49.2 Å². The maximum Gasteiger partial charge on any atom is 0.265 e. The van der Waals surface area contributed by atoms with Gasteiger partial charge in [-0.15, -0.1) is 0 Å². The highest BCUT2D eigenvalue weighted by molar-refractivity contribution is 6.30. The molecule has 2 aromatic carbocycles. The number of nitrogens with one attached hydrogen (secondary N) is 1. The normalized spacial score (nSPS) is 11.8. The van der Waals surface area contributed by atoms with Gasteiger partial charge in [-0.1, -0.05) is 43.1 Å². The van der Waals surface area contributed by atoms with Crippen molar-refractivity contribution in [1.82, 2.24) is 0 Å². The van der Waals surface area contributed by atoms with Crippen molar-refractivity contribution in [2.75, 3.05) is 5.32 Å². The Labute approximate surface area is 136 Å². The van der Waals surface area contributed by atoms with E-state index < -0.39 is 6.10 Å². The average Bonchev–Trinajstić information content (AvgIpc) is 2.49. The van der Waals surface area contributed by atoms with Gasteiger partial charge in [0.1, 0.15) is 5.75 Å². The molecule has 0 bridgehead atoms. The number of aryl methyl sites for hydroxylation is 1. The highest BCUT2D eigenvalue weighted by atomic mass is 35.5. The van der Waals surface area contributed by atoms with E-state index in [4.69, 9.17) is 16.3 Å². The van der Waals surface area contributed by atoms with E-state index in [9.17, 15) is 4.79 Å². The van der Waals surface area contributed by atoms with Crippen LogP contribution in [0.15, 0.2) is 48.5 Å². The molecule has 0 aliphatic carbocycles. The van der Waals surface area contributed by atoms with Gasteiger partial charge in [0.2, 0.25) is 0 Å². The van der Waals surface area contributed by atoms with Crippen LogP contribution in [0.4, 0.5) is 5.69 Å². The number of benzene rings is 2. The predicted molar refractivity (Wildman–Crippen MR) is 90.6 cm³/mol. The fraction of sp³-hybridized carbons (Fsp3) is 0.278. The van der Waals surface area contributed by atoms with Crippen LogP contribution in [-0.4, -0.2) is 12.0 Å². The maximum atomic E-state index is 12.1. The summed E-state index contributed by atoms with van der Waals surface area (Å²) in [4.78, 5) is 12.1. The molecule has 1 N–H and O–H groups in total. The quantitative estimate of drug-likeness (QED) is 0.838. The zero-order valence-corrected chi connectivity index (χ0v) is 13.6. The number of hydrogen-bond donors (Lipinski definition) is 1. The van der Waals surface area contributed by atoms with Crippen LogP contribution in [0.2, 0.25) is 5.02 Å². The molecule has 2 aromatic rings. The first kappa shape index (κ1) is 16.4.